The Labute approximate surface area is 268 Å². The number of amidine groups is 1. The smallest absolute Gasteiger partial charge is 0.387 e. The lowest BCUT2D eigenvalue weighted by Crippen LogP contribution is -2.36. The highest BCUT2D eigenvalue weighted by atomic mass is 32.5. The molecule has 256 valence electrons. The third-order valence-electron chi connectivity index (χ3n) is 7.73. The first kappa shape index (κ1) is 34.1. The zero-order valence-electron chi connectivity index (χ0n) is 24.4. The molecule has 3 saturated heterocycles. The first-order valence-electron chi connectivity index (χ1n) is 13.6. The summed E-state index contributed by atoms with van der Waals surface area (Å²) in [5, 5.41) is 21.9. The van der Waals surface area contributed by atoms with Crippen LogP contribution in [0.2, 0.25) is 0 Å². The summed E-state index contributed by atoms with van der Waals surface area (Å²) in [7, 11) is -2.35. The van der Waals surface area contributed by atoms with Gasteiger partial charge in [0.2, 0.25) is 0 Å². The summed E-state index contributed by atoms with van der Waals surface area (Å²) in [6.07, 6.45) is -9.15. The first-order valence-corrected chi connectivity index (χ1v) is 17.7. The summed E-state index contributed by atoms with van der Waals surface area (Å²) in [5.74, 6) is -0.924. The Morgan fingerprint density at radius 1 is 1.09 bits per heavy atom. The van der Waals surface area contributed by atoms with Crippen LogP contribution in [0, 0.1) is 5.82 Å². The van der Waals surface area contributed by atoms with Gasteiger partial charge in [-0.05, 0) is 18.5 Å². The van der Waals surface area contributed by atoms with Crippen molar-refractivity contribution in [3.8, 4) is 0 Å². The average Bonchev–Trinajstić information content (AvgIpc) is 3.75. The van der Waals surface area contributed by atoms with Crippen molar-refractivity contribution in [2.24, 2.45) is 22.8 Å². The fourth-order valence-corrected chi connectivity index (χ4v) is 7.85. The Morgan fingerprint density at radius 3 is 2.49 bits per heavy atom. The second kappa shape index (κ2) is 12.6. The normalized spacial score (nSPS) is 36.9. The van der Waals surface area contributed by atoms with E-state index in [4.69, 9.17) is 45.1 Å². The molecule has 10 atom stereocenters. The van der Waals surface area contributed by atoms with Crippen molar-refractivity contribution < 1.29 is 56.5 Å². The second-order valence-corrected chi connectivity index (χ2v) is 14.8. The van der Waals surface area contributed by atoms with Crippen LogP contribution in [0.3, 0.4) is 0 Å². The third-order valence-corrected chi connectivity index (χ3v) is 10.3. The molecule has 24 heteroatoms. The highest BCUT2D eigenvalue weighted by Crippen LogP contribution is 2.54. The molecule has 3 aromatic heterocycles. The van der Waals surface area contributed by atoms with Gasteiger partial charge < -0.3 is 48.9 Å². The largest absolute Gasteiger partial charge is 0.472 e. The summed E-state index contributed by atoms with van der Waals surface area (Å²) >= 11 is 5.17. The van der Waals surface area contributed by atoms with Crippen molar-refractivity contribution >= 4 is 55.8 Å². The van der Waals surface area contributed by atoms with Crippen LogP contribution in [0.15, 0.2) is 33.6 Å². The zero-order valence-corrected chi connectivity index (χ0v) is 27.0. The number of aliphatic hydroxyl groups excluding tert-OH is 2. The number of rotatable bonds is 4. The van der Waals surface area contributed by atoms with Gasteiger partial charge in [-0.1, -0.05) is 0 Å². The summed E-state index contributed by atoms with van der Waals surface area (Å²) < 4.78 is 64.9. The van der Waals surface area contributed by atoms with Crippen LogP contribution in [0.5, 0.6) is 0 Å². The van der Waals surface area contributed by atoms with Crippen LogP contribution in [0.1, 0.15) is 18.1 Å². The van der Waals surface area contributed by atoms with E-state index in [1.165, 1.54) is 25.0 Å². The van der Waals surface area contributed by atoms with Crippen molar-refractivity contribution in [3.05, 3.63) is 40.7 Å². The van der Waals surface area contributed by atoms with E-state index in [2.05, 4.69) is 26.7 Å². The summed E-state index contributed by atoms with van der Waals surface area (Å²) in [5.41, 5.74) is 5.06. The van der Waals surface area contributed by atoms with Gasteiger partial charge in [-0.15, -0.1) is 0 Å². The number of hydrogen-bond donors (Lipinski definition) is 5. The predicted molar refractivity (Wildman–Crippen MR) is 161 cm³/mol. The SMILES string of the molecule is C=Nc1c(C(N)=NC)ncn1[C@@H]1O[C@@H]2COP(=O)(O)O[C@@H]3[C@H](O)[C@@H](COP(O)(=S)O[C@H]2[C@H]1O)O[C@H]3n1cc(F)c2c(=O)n(C)cnc21. The molecule has 3 aliphatic heterocycles. The molecule has 0 aliphatic carbocycles. The molecular formula is C23H29FN8O12P2S. The molecule has 6 N–H and O–H groups in total. The van der Waals surface area contributed by atoms with Crippen LogP contribution in [-0.2, 0) is 51.0 Å². The first-order chi connectivity index (χ1) is 22.2. The van der Waals surface area contributed by atoms with E-state index in [0.717, 1.165) is 21.7 Å². The molecule has 3 aromatic rings. The summed E-state index contributed by atoms with van der Waals surface area (Å²) in [6, 6.07) is 0. The van der Waals surface area contributed by atoms with Crippen molar-refractivity contribution in [3.63, 3.8) is 0 Å². The summed E-state index contributed by atoms with van der Waals surface area (Å²) in [4.78, 5) is 50.3. The second-order valence-electron chi connectivity index (χ2n) is 10.6. The minimum atomic E-state index is -5.14. The lowest BCUT2D eigenvalue weighted by Gasteiger charge is -2.27. The van der Waals surface area contributed by atoms with Gasteiger partial charge in [-0.25, -0.2) is 23.9 Å². The molecule has 3 aliphatic rings. The maximum Gasteiger partial charge on any atom is 0.472 e. The Morgan fingerprint density at radius 2 is 1.79 bits per heavy atom. The van der Waals surface area contributed by atoms with Crippen molar-refractivity contribution in [1.82, 2.24) is 23.7 Å². The van der Waals surface area contributed by atoms with Crippen LogP contribution in [0.25, 0.3) is 11.0 Å². The van der Waals surface area contributed by atoms with E-state index >= 15 is 0 Å². The monoisotopic (exact) mass is 722 g/mol. The van der Waals surface area contributed by atoms with Gasteiger partial charge >= 0.3 is 14.5 Å². The molecular weight excluding hydrogens is 693 g/mol. The Kier molecular flexibility index (Phi) is 9.11. The number of aliphatic imine (C=N–C) groups is 2. The standard InChI is InChI=1S/C23H29FN8O12P2S/c1-26-18(25)13-20(27-2)32(8-28-13)22-15(34)16-11(42-22)6-39-45(36,37)43-17-14(33)10(5-40-46(38,47)44-16)41-23(17)31-4-9(24)12-19(31)29-7-30(3)21(12)35/h4,7-8,10-11,14-17,22-23,33-34H,2,5-6H2,1,3H3,(H2,25,26)(H,36,37)(H,38,47)/t10-,11-,14-,15-,16-,17-,22-,23-,46?/m1/s1. The molecule has 0 saturated carbocycles. The fraction of sp³-hybridized carbons (Fsp3) is 0.522. The molecule has 0 aromatic carbocycles. The maximum absolute atomic E-state index is 14.9. The average molecular weight is 723 g/mol. The van der Waals surface area contributed by atoms with Gasteiger partial charge in [0.15, 0.2) is 29.7 Å². The van der Waals surface area contributed by atoms with Crippen LogP contribution in [0.4, 0.5) is 10.2 Å². The number of ether oxygens (including phenoxy) is 2. The highest BCUT2D eigenvalue weighted by molar-refractivity contribution is 8.07. The van der Waals surface area contributed by atoms with E-state index in [-0.39, 0.29) is 23.0 Å². The lowest BCUT2D eigenvalue weighted by atomic mass is 10.1. The number of halogens is 1. The molecule has 6 rings (SSSR count). The predicted octanol–water partition coefficient (Wildman–Crippen LogP) is -0.911. The zero-order chi connectivity index (χ0) is 34.0. The Hall–Kier alpha value is -2.82. The minimum absolute atomic E-state index is 0.00430. The number of imidazole rings is 1. The number of hydrogen-bond acceptors (Lipinski definition) is 15. The molecule has 0 spiro atoms. The number of phosphoric acid groups is 1. The quantitative estimate of drug-likeness (QED) is 0.124. The van der Waals surface area contributed by atoms with E-state index in [9.17, 15) is 33.7 Å². The number of nitrogens with zero attached hydrogens (tertiary/aromatic N) is 7. The molecule has 0 radical (unpaired) electrons. The van der Waals surface area contributed by atoms with Crippen LogP contribution < -0.4 is 11.3 Å². The number of aryl methyl sites for hydroxylation is 1. The van der Waals surface area contributed by atoms with Gasteiger partial charge in [0.05, 0.1) is 25.9 Å². The van der Waals surface area contributed by atoms with Gasteiger partial charge in [-0.2, -0.15) is 0 Å². The fourth-order valence-electron chi connectivity index (χ4n) is 5.47. The van der Waals surface area contributed by atoms with Gasteiger partial charge in [0.1, 0.15) is 53.5 Å². The number of fused-ring (bicyclic) bond motifs is 4. The van der Waals surface area contributed by atoms with E-state index in [1.807, 2.05) is 0 Å². The number of nitrogens with two attached hydrogens (primary N) is 1. The minimum Gasteiger partial charge on any atom is -0.387 e. The molecule has 20 nitrogen and oxygen atoms in total. The molecule has 47 heavy (non-hydrogen) atoms. The third kappa shape index (κ3) is 6.14. The summed E-state index contributed by atoms with van der Waals surface area (Å²) in [6.45, 7) is -2.26. The van der Waals surface area contributed by atoms with Gasteiger partial charge in [0.25, 0.3) is 5.56 Å². The lowest BCUT2D eigenvalue weighted by molar-refractivity contribution is -0.0649. The number of aliphatic hydroxyl groups is 2. The maximum atomic E-state index is 14.9. The van der Waals surface area contributed by atoms with Crippen LogP contribution in [-0.4, -0.2) is 113 Å². The molecule has 0 amide bonds. The molecule has 6 heterocycles. The van der Waals surface area contributed by atoms with E-state index < -0.39 is 93.6 Å². The molecule has 3 fully saturated rings. The van der Waals surface area contributed by atoms with Gasteiger partial charge in [-0.3, -0.25) is 27.9 Å². The number of phosphoric ester groups is 1. The van der Waals surface area contributed by atoms with Crippen molar-refractivity contribution in [1.29, 1.82) is 0 Å². The van der Waals surface area contributed by atoms with Gasteiger partial charge in [0, 0.05) is 20.3 Å². The van der Waals surface area contributed by atoms with E-state index in [1.54, 1.807) is 0 Å². The highest BCUT2D eigenvalue weighted by Gasteiger charge is 2.53. The van der Waals surface area contributed by atoms with E-state index in [0.29, 0.717) is 0 Å². The topological polar surface area (TPSA) is 262 Å². The van der Waals surface area contributed by atoms with Crippen molar-refractivity contribution in [2.45, 2.75) is 49.1 Å². The Bertz CT molecular complexity index is 1900. The van der Waals surface area contributed by atoms with Crippen molar-refractivity contribution in [2.75, 3.05) is 20.3 Å². The molecule has 2 unspecified atom stereocenters. The number of aromatic nitrogens is 5. The molecule has 2 bridgehead atoms. The Balaban J connectivity index is 1.33. The van der Waals surface area contributed by atoms with Crippen LogP contribution >= 0.6 is 14.5 Å².